The molecule has 0 fully saturated rings. The first kappa shape index (κ1) is 17.2. The molecule has 0 saturated carbocycles. The zero-order chi connectivity index (χ0) is 18.6. The average molecular weight is 377 g/mol. The number of amides is 1. The normalized spacial score (nSPS) is 10.9. The van der Waals surface area contributed by atoms with Gasteiger partial charge in [0.1, 0.15) is 0 Å². The number of nitrogens with zero attached hydrogens (tertiary/aromatic N) is 2. The second-order valence-corrected chi connectivity index (χ2v) is 6.60. The number of halogens is 1. The van der Waals surface area contributed by atoms with E-state index in [4.69, 9.17) is 11.6 Å². The van der Waals surface area contributed by atoms with E-state index >= 15 is 0 Å². The van der Waals surface area contributed by atoms with Crippen molar-refractivity contribution >= 4 is 28.4 Å². The number of carbonyl (C=O) groups excluding carboxylic acids is 1. The lowest BCUT2D eigenvalue weighted by atomic mass is 10.1. The highest BCUT2D eigenvalue weighted by molar-refractivity contribution is 6.30. The van der Waals surface area contributed by atoms with Crippen molar-refractivity contribution < 1.29 is 4.79 Å². The van der Waals surface area contributed by atoms with Crippen LogP contribution in [0.1, 0.15) is 15.9 Å². The maximum absolute atomic E-state index is 12.6. The molecule has 6 heteroatoms. The Kier molecular flexibility index (Phi) is 4.85. The van der Waals surface area contributed by atoms with E-state index in [1.165, 1.54) is 0 Å². The lowest BCUT2D eigenvalue weighted by Gasteiger charge is -2.08. The van der Waals surface area contributed by atoms with Gasteiger partial charge >= 0.3 is 0 Å². The Balaban J connectivity index is 1.46. The largest absolute Gasteiger partial charge is 0.352 e. The smallest absolute Gasteiger partial charge is 0.255 e. The number of rotatable bonds is 5. The number of benzene rings is 2. The minimum atomic E-state index is -0.165. The number of H-pyrrole nitrogens is 1. The quantitative estimate of drug-likeness (QED) is 0.547. The molecule has 0 spiro atoms. The van der Waals surface area contributed by atoms with Gasteiger partial charge in [0, 0.05) is 28.7 Å². The molecule has 27 heavy (non-hydrogen) atoms. The standard InChI is InChI=1S/C21H17ClN4O/c22-17-8-6-16(7-9-17)20-18(13-25-26-20)21(27)24-12-10-15-4-1-3-14-5-2-11-23-19(14)15/h1-9,11,13H,10,12H2,(H,24,27)(H,25,26). The van der Waals surface area contributed by atoms with Crippen molar-refractivity contribution in [3.63, 3.8) is 0 Å². The second-order valence-electron chi connectivity index (χ2n) is 6.16. The SMILES string of the molecule is O=C(NCCc1cccc2cccnc12)c1cn[nH]c1-c1ccc(Cl)cc1. The van der Waals surface area contributed by atoms with E-state index in [0.29, 0.717) is 29.2 Å². The van der Waals surface area contributed by atoms with E-state index in [1.54, 1.807) is 24.5 Å². The third-order valence-electron chi connectivity index (χ3n) is 4.41. The highest BCUT2D eigenvalue weighted by Crippen LogP contribution is 2.23. The summed E-state index contributed by atoms with van der Waals surface area (Å²) in [4.78, 5) is 17.1. The predicted octanol–water partition coefficient (Wildman–Crippen LogP) is 4.25. The van der Waals surface area contributed by atoms with Crippen molar-refractivity contribution in [1.29, 1.82) is 0 Å². The summed E-state index contributed by atoms with van der Waals surface area (Å²) in [6, 6.07) is 17.3. The summed E-state index contributed by atoms with van der Waals surface area (Å²) < 4.78 is 0. The fourth-order valence-electron chi connectivity index (χ4n) is 3.07. The van der Waals surface area contributed by atoms with Gasteiger partial charge in [0.2, 0.25) is 0 Å². The van der Waals surface area contributed by atoms with Crippen LogP contribution in [0.2, 0.25) is 5.02 Å². The van der Waals surface area contributed by atoms with Crippen LogP contribution in [0.5, 0.6) is 0 Å². The summed E-state index contributed by atoms with van der Waals surface area (Å²) in [6.07, 6.45) is 4.03. The van der Waals surface area contributed by atoms with Crippen molar-refractivity contribution in [2.24, 2.45) is 0 Å². The third kappa shape index (κ3) is 3.68. The number of hydrogen-bond acceptors (Lipinski definition) is 3. The summed E-state index contributed by atoms with van der Waals surface area (Å²) in [5.41, 5.74) is 4.13. The van der Waals surface area contributed by atoms with Crippen molar-refractivity contribution in [2.45, 2.75) is 6.42 Å². The topological polar surface area (TPSA) is 70.7 Å². The van der Waals surface area contributed by atoms with Gasteiger partial charge in [-0.25, -0.2) is 0 Å². The van der Waals surface area contributed by atoms with Crippen LogP contribution in [0.4, 0.5) is 0 Å². The van der Waals surface area contributed by atoms with E-state index in [2.05, 4.69) is 20.5 Å². The van der Waals surface area contributed by atoms with Crippen LogP contribution in [0.15, 0.2) is 67.0 Å². The van der Waals surface area contributed by atoms with Gasteiger partial charge in [0.15, 0.2) is 0 Å². The Morgan fingerprint density at radius 1 is 1.07 bits per heavy atom. The molecule has 0 saturated heterocycles. The molecular formula is C21H17ClN4O. The fourth-order valence-corrected chi connectivity index (χ4v) is 3.20. The minimum absolute atomic E-state index is 0.165. The molecule has 4 aromatic rings. The Hall–Kier alpha value is -3.18. The molecule has 2 aromatic carbocycles. The monoisotopic (exact) mass is 376 g/mol. The summed E-state index contributed by atoms with van der Waals surface area (Å²) >= 11 is 5.93. The number of para-hydroxylation sites is 1. The van der Waals surface area contributed by atoms with Gasteiger partial charge in [-0.05, 0) is 30.2 Å². The molecule has 0 radical (unpaired) electrons. The molecule has 5 nitrogen and oxygen atoms in total. The second kappa shape index (κ2) is 7.60. The van der Waals surface area contributed by atoms with Gasteiger partial charge in [-0.2, -0.15) is 5.10 Å². The molecule has 2 aromatic heterocycles. The third-order valence-corrected chi connectivity index (χ3v) is 4.67. The first-order chi connectivity index (χ1) is 13.2. The highest BCUT2D eigenvalue weighted by atomic mass is 35.5. The highest BCUT2D eigenvalue weighted by Gasteiger charge is 2.15. The lowest BCUT2D eigenvalue weighted by Crippen LogP contribution is -2.26. The molecule has 2 N–H and O–H groups in total. The molecule has 0 unspecified atom stereocenters. The molecule has 0 atom stereocenters. The van der Waals surface area contributed by atoms with Gasteiger partial charge < -0.3 is 5.32 Å². The zero-order valence-electron chi connectivity index (χ0n) is 14.4. The van der Waals surface area contributed by atoms with E-state index in [0.717, 1.165) is 22.0 Å². The molecular weight excluding hydrogens is 360 g/mol. The maximum atomic E-state index is 12.6. The lowest BCUT2D eigenvalue weighted by molar-refractivity contribution is 0.0955. The van der Waals surface area contributed by atoms with Gasteiger partial charge in [-0.15, -0.1) is 0 Å². The number of fused-ring (bicyclic) bond motifs is 1. The van der Waals surface area contributed by atoms with Gasteiger partial charge in [-0.1, -0.05) is 48.0 Å². The molecule has 1 amide bonds. The minimum Gasteiger partial charge on any atom is -0.352 e. The number of pyridine rings is 1. The Bertz CT molecular complexity index is 1080. The molecule has 4 rings (SSSR count). The van der Waals surface area contributed by atoms with Crippen LogP contribution in [-0.2, 0) is 6.42 Å². The summed E-state index contributed by atoms with van der Waals surface area (Å²) in [6.45, 7) is 0.514. The predicted molar refractivity (Wildman–Crippen MR) is 107 cm³/mol. The fraction of sp³-hybridized carbons (Fsp3) is 0.0952. The molecule has 0 bridgehead atoms. The summed E-state index contributed by atoms with van der Waals surface area (Å²) in [5, 5.41) is 11.6. The average Bonchev–Trinajstić information content (AvgIpc) is 3.18. The van der Waals surface area contributed by atoms with Crippen LogP contribution < -0.4 is 5.32 Å². The van der Waals surface area contributed by atoms with E-state index in [9.17, 15) is 4.79 Å². The summed E-state index contributed by atoms with van der Waals surface area (Å²) in [5.74, 6) is -0.165. The van der Waals surface area contributed by atoms with Crippen molar-refractivity contribution in [2.75, 3.05) is 6.54 Å². The number of aromatic nitrogens is 3. The van der Waals surface area contributed by atoms with E-state index < -0.39 is 0 Å². The number of hydrogen-bond donors (Lipinski definition) is 2. The number of carbonyl (C=O) groups is 1. The molecule has 2 heterocycles. The summed E-state index contributed by atoms with van der Waals surface area (Å²) in [7, 11) is 0. The van der Waals surface area contributed by atoms with Crippen molar-refractivity contribution in [3.8, 4) is 11.3 Å². The van der Waals surface area contributed by atoms with Gasteiger partial charge in [0.05, 0.1) is 23.0 Å². The molecule has 0 aliphatic rings. The first-order valence-electron chi connectivity index (χ1n) is 8.62. The van der Waals surface area contributed by atoms with Crippen LogP contribution in [-0.4, -0.2) is 27.6 Å². The van der Waals surface area contributed by atoms with E-state index in [1.807, 2.05) is 42.5 Å². The van der Waals surface area contributed by atoms with Crippen LogP contribution >= 0.6 is 11.6 Å². The Labute approximate surface area is 161 Å². The van der Waals surface area contributed by atoms with Crippen molar-refractivity contribution in [3.05, 3.63) is 83.1 Å². The van der Waals surface area contributed by atoms with Gasteiger partial charge in [-0.3, -0.25) is 14.9 Å². The van der Waals surface area contributed by atoms with Crippen LogP contribution in [0.3, 0.4) is 0 Å². The Morgan fingerprint density at radius 3 is 2.74 bits per heavy atom. The number of aromatic amines is 1. The maximum Gasteiger partial charge on any atom is 0.255 e. The van der Waals surface area contributed by atoms with Crippen molar-refractivity contribution in [1.82, 2.24) is 20.5 Å². The zero-order valence-corrected chi connectivity index (χ0v) is 15.2. The molecule has 134 valence electrons. The molecule has 0 aliphatic heterocycles. The van der Waals surface area contributed by atoms with E-state index in [-0.39, 0.29) is 5.91 Å². The van der Waals surface area contributed by atoms with Gasteiger partial charge in [0.25, 0.3) is 5.91 Å². The van der Waals surface area contributed by atoms with Crippen LogP contribution in [0.25, 0.3) is 22.2 Å². The Morgan fingerprint density at radius 2 is 1.89 bits per heavy atom. The molecule has 0 aliphatic carbocycles. The van der Waals surface area contributed by atoms with Crippen LogP contribution in [0, 0.1) is 0 Å². The number of nitrogens with one attached hydrogen (secondary N) is 2. The first-order valence-corrected chi connectivity index (χ1v) is 9.00.